The van der Waals surface area contributed by atoms with E-state index >= 15 is 0 Å². The number of carbonyl (C=O) groups is 2. The molecule has 1 unspecified atom stereocenters. The number of hydrogen-bond donors (Lipinski definition) is 1. The number of halogens is 4. The maximum atomic E-state index is 12.5. The lowest BCUT2D eigenvalue weighted by Crippen LogP contribution is -2.39. The molecule has 2 atom stereocenters. The van der Waals surface area contributed by atoms with Crippen LogP contribution in [0.1, 0.15) is 30.9 Å². The fourth-order valence-corrected chi connectivity index (χ4v) is 3.15. The van der Waals surface area contributed by atoms with E-state index in [0.717, 1.165) is 0 Å². The SMILES string of the molecule is CN(C)C(=O)C(I)CCC[C@@H](NC(=O)C(F)(F)F)c1ccccc1. The van der Waals surface area contributed by atoms with Crippen molar-refractivity contribution in [3.05, 3.63) is 35.9 Å². The highest BCUT2D eigenvalue weighted by Crippen LogP contribution is 2.24. The van der Waals surface area contributed by atoms with Crippen molar-refractivity contribution in [3.8, 4) is 0 Å². The molecule has 1 rings (SSSR count). The molecule has 0 aliphatic carbocycles. The molecule has 2 amide bonds. The molecule has 0 radical (unpaired) electrons. The zero-order chi connectivity index (χ0) is 18.3. The second-order valence-corrected chi connectivity index (χ2v) is 7.07. The fraction of sp³-hybridized carbons (Fsp3) is 0.500. The summed E-state index contributed by atoms with van der Waals surface area (Å²) in [6.45, 7) is 0. The van der Waals surface area contributed by atoms with E-state index in [4.69, 9.17) is 0 Å². The predicted molar refractivity (Wildman–Crippen MR) is 93.7 cm³/mol. The first kappa shape index (κ1) is 20.7. The molecule has 0 bridgehead atoms. The Kier molecular flexibility index (Phi) is 7.98. The highest BCUT2D eigenvalue weighted by Gasteiger charge is 2.39. The summed E-state index contributed by atoms with van der Waals surface area (Å²) in [5.74, 6) is -1.99. The van der Waals surface area contributed by atoms with E-state index in [9.17, 15) is 22.8 Å². The molecular weight excluding hydrogens is 436 g/mol. The lowest BCUT2D eigenvalue weighted by molar-refractivity contribution is -0.174. The van der Waals surface area contributed by atoms with Crippen molar-refractivity contribution in [2.75, 3.05) is 14.1 Å². The van der Waals surface area contributed by atoms with Crippen LogP contribution < -0.4 is 5.32 Å². The van der Waals surface area contributed by atoms with Crippen LogP contribution in [-0.2, 0) is 9.59 Å². The van der Waals surface area contributed by atoms with E-state index in [1.807, 2.05) is 27.9 Å². The van der Waals surface area contributed by atoms with Crippen LogP contribution in [0, 0.1) is 0 Å². The van der Waals surface area contributed by atoms with Gasteiger partial charge < -0.3 is 10.2 Å². The number of carbonyl (C=O) groups excluding carboxylic acids is 2. The average Bonchev–Trinajstić information content (AvgIpc) is 2.52. The molecule has 0 heterocycles. The summed E-state index contributed by atoms with van der Waals surface area (Å²) in [6.07, 6.45) is -3.54. The van der Waals surface area contributed by atoms with E-state index < -0.39 is 18.1 Å². The van der Waals surface area contributed by atoms with Crippen molar-refractivity contribution >= 4 is 34.4 Å². The van der Waals surface area contributed by atoms with Crippen LogP contribution >= 0.6 is 22.6 Å². The van der Waals surface area contributed by atoms with Gasteiger partial charge in [-0.2, -0.15) is 13.2 Å². The molecule has 0 aliphatic rings. The highest BCUT2D eigenvalue weighted by molar-refractivity contribution is 14.1. The number of hydrogen-bond acceptors (Lipinski definition) is 2. The van der Waals surface area contributed by atoms with Crippen LogP contribution in [0.2, 0.25) is 0 Å². The Labute approximate surface area is 152 Å². The van der Waals surface area contributed by atoms with E-state index in [1.54, 1.807) is 44.4 Å². The highest BCUT2D eigenvalue weighted by atomic mass is 127. The summed E-state index contributed by atoms with van der Waals surface area (Å²) >= 11 is 2.02. The van der Waals surface area contributed by atoms with Crippen LogP contribution in [0.4, 0.5) is 13.2 Å². The first-order chi connectivity index (χ1) is 11.1. The Bertz CT molecular complexity index is 550. The Morgan fingerprint density at radius 3 is 2.25 bits per heavy atom. The Balaban J connectivity index is 2.70. The third kappa shape index (κ3) is 6.66. The Morgan fingerprint density at radius 1 is 1.17 bits per heavy atom. The molecule has 0 spiro atoms. The molecular formula is C16H20F3IN2O2. The quantitative estimate of drug-likeness (QED) is 0.505. The Hall–Kier alpha value is -1.32. The molecule has 1 aromatic rings. The zero-order valence-electron chi connectivity index (χ0n) is 13.4. The number of nitrogens with zero attached hydrogens (tertiary/aromatic N) is 1. The maximum absolute atomic E-state index is 12.5. The van der Waals surface area contributed by atoms with Crippen LogP contribution in [0.25, 0.3) is 0 Å². The van der Waals surface area contributed by atoms with Gasteiger partial charge in [0.2, 0.25) is 5.91 Å². The summed E-state index contributed by atoms with van der Waals surface area (Å²) in [4.78, 5) is 24.5. The molecule has 8 heteroatoms. The van der Waals surface area contributed by atoms with Crippen molar-refractivity contribution in [2.24, 2.45) is 0 Å². The molecule has 24 heavy (non-hydrogen) atoms. The van der Waals surface area contributed by atoms with Gasteiger partial charge in [0.25, 0.3) is 0 Å². The number of nitrogens with one attached hydrogen (secondary N) is 1. The number of benzene rings is 1. The molecule has 0 aromatic heterocycles. The second kappa shape index (κ2) is 9.24. The van der Waals surface area contributed by atoms with Gasteiger partial charge in [-0.05, 0) is 24.8 Å². The molecule has 1 aromatic carbocycles. The summed E-state index contributed by atoms with van der Waals surface area (Å²) < 4.78 is 37.3. The van der Waals surface area contributed by atoms with Gasteiger partial charge in [-0.3, -0.25) is 9.59 Å². The van der Waals surface area contributed by atoms with Crippen LogP contribution in [0.5, 0.6) is 0 Å². The van der Waals surface area contributed by atoms with Crippen LogP contribution in [0.15, 0.2) is 30.3 Å². The van der Waals surface area contributed by atoms with Crippen LogP contribution in [0.3, 0.4) is 0 Å². The van der Waals surface area contributed by atoms with Crippen molar-refractivity contribution in [2.45, 2.75) is 35.4 Å². The van der Waals surface area contributed by atoms with E-state index in [1.165, 1.54) is 4.90 Å². The topological polar surface area (TPSA) is 49.4 Å². The summed E-state index contributed by atoms with van der Waals surface area (Å²) in [6, 6.07) is 7.78. The molecule has 134 valence electrons. The minimum absolute atomic E-state index is 0.0359. The minimum Gasteiger partial charge on any atom is -0.348 e. The Morgan fingerprint density at radius 2 is 1.75 bits per heavy atom. The van der Waals surface area contributed by atoms with E-state index in [-0.39, 0.29) is 9.83 Å². The van der Waals surface area contributed by atoms with E-state index in [0.29, 0.717) is 24.8 Å². The second-order valence-electron chi connectivity index (χ2n) is 5.57. The third-order valence-electron chi connectivity index (χ3n) is 3.42. The number of amides is 2. The van der Waals surface area contributed by atoms with Gasteiger partial charge in [-0.1, -0.05) is 52.9 Å². The van der Waals surface area contributed by atoms with Crippen molar-refractivity contribution in [1.29, 1.82) is 0 Å². The first-order valence-electron chi connectivity index (χ1n) is 7.40. The lowest BCUT2D eigenvalue weighted by Gasteiger charge is -2.21. The van der Waals surface area contributed by atoms with Gasteiger partial charge in [-0.25, -0.2) is 0 Å². The molecule has 1 N–H and O–H groups in total. The molecule has 0 saturated heterocycles. The van der Waals surface area contributed by atoms with Gasteiger partial charge in [0.1, 0.15) is 0 Å². The van der Waals surface area contributed by atoms with Gasteiger partial charge >= 0.3 is 12.1 Å². The maximum Gasteiger partial charge on any atom is 0.471 e. The standard InChI is InChI=1S/C16H20F3IN2O2/c1-22(2)14(23)12(20)9-6-10-13(11-7-4-3-5-8-11)21-15(24)16(17,18)19/h3-5,7-8,12-13H,6,9-10H2,1-2H3,(H,21,24)/t12?,13-/m1/s1. The molecule has 0 fully saturated rings. The monoisotopic (exact) mass is 456 g/mol. The normalized spacial score (nSPS) is 13.9. The lowest BCUT2D eigenvalue weighted by atomic mass is 10.00. The minimum atomic E-state index is -4.92. The third-order valence-corrected chi connectivity index (χ3v) is 4.58. The molecule has 0 saturated carbocycles. The molecule has 0 aliphatic heterocycles. The summed E-state index contributed by atoms with van der Waals surface area (Å²) in [7, 11) is 3.31. The summed E-state index contributed by atoms with van der Waals surface area (Å²) in [5.41, 5.74) is 0.610. The van der Waals surface area contributed by atoms with Crippen molar-refractivity contribution < 1.29 is 22.8 Å². The van der Waals surface area contributed by atoms with E-state index in [2.05, 4.69) is 0 Å². The number of alkyl halides is 4. The first-order valence-corrected chi connectivity index (χ1v) is 8.65. The zero-order valence-corrected chi connectivity index (χ0v) is 15.6. The van der Waals surface area contributed by atoms with Gasteiger partial charge in [0.05, 0.1) is 9.97 Å². The van der Waals surface area contributed by atoms with Crippen molar-refractivity contribution in [3.63, 3.8) is 0 Å². The predicted octanol–water partition coefficient (Wildman–Crippen LogP) is 3.47. The van der Waals surface area contributed by atoms with Crippen LogP contribution in [-0.4, -0.2) is 40.9 Å². The average molecular weight is 456 g/mol. The van der Waals surface area contributed by atoms with Gasteiger partial charge in [0, 0.05) is 14.1 Å². The van der Waals surface area contributed by atoms with Gasteiger partial charge in [-0.15, -0.1) is 0 Å². The number of rotatable bonds is 7. The smallest absolute Gasteiger partial charge is 0.348 e. The molecule has 4 nitrogen and oxygen atoms in total. The summed E-state index contributed by atoms with van der Waals surface area (Å²) in [5, 5.41) is 2.04. The largest absolute Gasteiger partial charge is 0.471 e. The van der Waals surface area contributed by atoms with Gasteiger partial charge in [0.15, 0.2) is 0 Å². The fourth-order valence-electron chi connectivity index (χ4n) is 2.15. The van der Waals surface area contributed by atoms with Crippen molar-refractivity contribution in [1.82, 2.24) is 10.2 Å².